The third-order valence-electron chi connectivity index (χ3n) is 6.66. The average molecular weight is 434 g/mol. The largest absolute Gasteiger partial charge is 0.460 e. The first kappa shape index (κ1) is 21.0. The molecule has 168 valence electrons. The Labute approximate surface area is 189 Å². The summed E-state index contributed by atoms with van der Waals surface area (Å²) >= 11 is 0. The van der Waals surface area contributed by atoms with E-state index >= 15 is 0 Å². The second-order valence-corrected chi connectivity index (χ2v) is 8.97. The summed E-state index contributed by atoms with van der Waals surface area (Å²) in [5.41, 5.74) is 2.11. The van der Waals surface area contributed by atoms with Gasteiger partial charge in [-0.1, -0.05) is 18.2 Å². The molecule has 2 fully saturated rings. The van der Waals surface area contributed by atoms with Gasteiger partial charge in [-0.3, -0.25) is 9.69 Å². The van der Waals surface area contributed by atoms with Crippen LogP contribution in [0.4, 0.5) is 0 Å². The Hall–Kier alpha value is -2.90. The van der Waals surface area contributed by atoms with Crippen LogP contribution >= 0.6 is 0 Å². The van der Waals surface area contributed by atoms with Crippen LogP contribution in [0.15, 0.2) is 53.1 Å². The minimum absolute atomic E-state index is 0.0247. The number of likely N-dealkylation sites (tertiary alicyclic amines) is 1. The van der Waals surface area contributed by atoms with Crippen molar-refractivity contribution >= 4 is 5.91 Å². The van der Waals surface area contributed by atoms with E-state index in [0.717, 1.165) is 44.2 Å². The van der Waals surface area contributed by atoms with Crippen molar-refractivity contribution in [3.05, 3.63) is 60.0 Å². The van der Waals surface area contributed by atoms with Crippen molar-refractivity contribution in [1.82, 2.24) is 24.5 Å². The van der Waals surface area contributed by atoms with E-state index in [2.05, 4.69) is 16.8 Å². The predicted octanol–water partition coefficient (Wildman–Crippen LogP) is 3.29. The number of hydrogen-bond donors (Lipinski definition) is 0. The van der Waals surface area contributed by atoms with Crippen molar-refractivity contribution in [2.45, 2.75) is 25.8 Å². The van der Waals surface area contributed by atoms with Gasteiger partial charge in [0.2, 0.25) is 0 Å². The number of benzene rings is 1. The van der Waals surface area contributed by atoms with Crippen molar-refractivity contribution in [1.29, 1.82) is 0 Å². The van der Waals surface area contributed by atoms with Crippen LogP contribution < -0.4 is 0 Å². The fourth-order valence-corrected chi connectivity index (χ4v) is 4.88. The van der Waals surface area contributed by atoms with E-state index in [0.29, 0.717) is 23.1 Å². The fourth-order valence-electron chi connectivity index (χ4n) is 4.88. The molecule has 1 aromatic carbocycles. The molecule has 2 saturated heterocycles. The van der Waals surface area contributed by atoms with E-state index in [4.69, 9.17) is 9.52 Å². The molecule has 0 N–H and O–H groups in total. The molecule has 0 spiro atoms. The third kappa shape index (κ3) is 4.23. The van der Waals surface area contributed by atoms with Crippen LogP contribution in [0.1, 0.15) is 29.0 Å². The molecule has 0 aliphatic carbocycles. The number of hydrogen-bond acceptors (Lipinski definition) is 5. The number of nitrogens with zero attached hydrogens (tertiary/aromatic N) is 5. The van der Waals surface area contributed by atoms with Crippen molar-refractivity contribution in [3.63, 3.8) is 0 Å². The highest BCUT2D eigenvalue weighted by atomic mass is 16.3. The van der Waals surface area contributed by atoms with Gasteiger partial charge in [-0.25, -0.2) is 4.68 Å². The number of aryl methyl sites for hydroxylation is 1. The van der Waals surface area contributed by atoms with E-state index < -0.39 is 0 Å². The predicted molar refractivity (Wildman–Crippen MR) is 124 cm³/mol. The molecular weight excluding hydrogens is 402 g/mol. The summed E-state index contributed by atoms with van der Waals surface area (Å²) in [6, 6.07) is 14.3. The second kappa shape index (κ2) is 8.92. The molecule has 2 aromatic heterocycles. The first-order valence-corrected chi connectivity index (χ1v) is 11.5. The number of para-hydroxylation sites is 1. The summed E-state index contributed by atoms with van der Waals surface area (Å²) in [6.07, 6.45) is 4.35. The quantitative estimate of drug-likeness (QED) is 0.632. The van der Waals surface area contributed by atoms with Gasteiger partial charge in [0, 0.05) is 45.0 Å². The SMILES string of the molecule is Cc1ccc(-c2nn(-c3ccccc3)cc2C(=O)N2CCN(C3CCCN(C)C3)CC2)o1. The molecule has 7 heteroatoms. The van der Waals surface area contributed by atoms with E-state index in [-0.39, 0.29) is 5.91 Å². The summed E-state index contributed by atoms with van der Waals surface area (Å²) < 4.78 is 7.62. The first-order valence-electron chi connectivity index (χ1n) is 11.5. The maximum Gasteiger partial charge on any atom is 0.257 e. The van der Waals surface area contributed by atoms with Gasteiger partial charge >= 0.3 is 0 Å². The average Bonchev–Trinajstić information content (AvgIpc) is 3.46. The van der Waals surface area contributed by atoms with Gasteiger partial charge in [-0.15, -0.1) is 0 Å². The topological polar surface area (TPSA) is 57.8 Å². The lowest BCUT2D eigenvalue weighted by atomic mass is 10.0. The number of carbonyl (C=O) groups is 1. The molecule has 1 amide bonds. The van der Waals surface area contributed by atoms with Crippen molar-refractivity contribution in [2.24, 2.45) is 0 Å². The Morgan fingerprint density at radius 1 is 1.03 bits per heavy atom. The zero-order valence-corrected chi connectivity index (χ0v) is 18.9. The number of likely N-dealkylation sites (N-methyl/N-ethyl adjacent to an activating group) is 1. The third-order valence-corrected chi connectivity index (χ3v) is 6.66. The summed E-state index contributed by atoms with van der Waals surface area (Å²) in [6.45, 7) is 7.55. The molecule has 2 aliphatic heterocycles. The van der Waals surface area contributed by atoms with E-state index in [1.54, 1.807) is 4.68 Å². The standard InChI is InChI=1S/C25H31N5O2/c1-19-10-11-23(32-19)24-22(18-30(26-24)20-7-4-3-5-8-20)25(31)29-15-13-28(14-16-29)21-9-6-12-27(2)17-21/h3-5,7-8,10-11,18,21H,6,9,12-17H2,1-2H3. The fraction of sp³-hybridized carbons (Fsp3) is 0.440. The van der Waals surface area contributed by atoms with E-state index in [1.807, 2.05) is 60.5 Å². The van der Waals surface area contributed by atoms with Crippen LogP contribution in [0.3, 0.4) is 0 Å². The molecule has 3 aromatic rings. The van der Waals surface area contributed by atoms with Crippen LogP contribution in [0.2, 0.25) is 0 Å². The highest BCUT2D eigenvalue weighted by molar-refractivity contribution is 5.99. The smallest absolute Gasteiger partial charge is 0.257 e. The zero-order valence-electron chi connectivity index (χ0n) is 18.9. The second-order valence-electron chi connectivity index (χ2n) is 8.97. The van der Waals surface area contributed by atoms with Crippen LogP contribution in [-0.4, -0.2) is 82.7 Å². The molecule has 5 rings (SSSR count). The van der Waals surface area contributed by atoms with Gasteiger partial charge in [0.1, 0.15) is 11.5 Å². The van der Waals surface area contributed by atoms with Crippen LogP contribution in [0, 0.1) is 6.92 Å². The number of amides is 1. The van der Waals surface area contributed by atoms with Gasteiger partial charge < -0.3 is 14.2 Å². The maximum atomic E-state index is 13.6. The minimum Gasteiger partial charge on any atom is -0.460 e. The Balaban J connectivity index is 1.37. The van der Waals surface area contributed by atoms with Crippen LogP contribution in [0.5, 0.6) is 0 Å². The van der Waals surface area contributed by atoms with Gasteiger partial charge in [-0.05, 0) is 57.6 Å². The summed E-state index contributed by atoms with van der Waals surface area (Å²) in [4.78, 5) is 20.5. The number of aromatic nitrogens is 2. The van der Waals surface area contributed by atoms with Crippen LogP contribution in [-0.2, 0) is 0 Å². The Morgan fingerprint density at radius 2 is 1.81 bits per heavy atom. The molecule has 4 heterocycles. The van der Waals surface area contributed by atoms with Gasteiger partial charge in [0.05, 0.1) is 11.3 Å². The number of rotatable bonds is 4. The molecule has 1 atom stereocenters. The Bertz CT molecular complexity index is 1070. The maximum absolute atomic E-state index is 13.6. The highest BCUT2D eigenvalue weighted by Gasteiger charge is 2.31. The number of carbonyl (C=O) groups excluding carboxylic acids is 1. The van der Waals surface area contributed by atoms with E-state index in [9.17, 15) is 4.79 Å². The summed E-state index contributed by atoms with van der Waals surface area (Å²) in [5.74, 6) is 1.46. The Kier molecular flexibility index (Phi) is 5.85. The van der Waals surface area contributed by atoms with E-state index in [1.165, 1.54) is 19.4 Å². The Morgan fingerprint density at radius 3 is 2.50 bits per heavy atom. The van der Waals surface area contributed by atoms with Crippen molar-refractivity contribution in [3.8, 4) is 17.1 Å². The highest BCUT2D eigenvalue weighted by Crippen LogP contribution is 2.27. The number of furan rings is 1. The van der Waals surface area contributed by atoms with Crippen LogP contribution in [0.25, 0.3) is 17.1 Å². The lowest BCUT2D eigenvalue weighted by Crippen LogP contribution is -2.55. The zero-order chi connectivity index (χ0) is 22.1. The lowest BCUT2D eigenvalue weighted by molar-refractivity contribution is 0.0452. The molecule has 7 nitrogen and oxygen atoms in total. The minimum atomic E-state index is 0.0247. The van der Waals surface area contributed by atoms with Crippen molar-refractivity contribution in [2.75, 3.05) is 46.3 Å². The monoisotopic (exact) mass is 433 g/mol. The summed E-state index contributed by atoms with van der Waals surface area (Å²) in [5, 5.41) is 4.74. The molecule has 32 heavy (non-hydrogen) atoms. The van der Waals surface area contributed by atoms with Crippen molar-refractivity contribution < 1.29 is 9.21 Å². The lowest BCUT2D eigenvalue weighted by Gasteiger charge is -2.42. The van der Waals surface area contributed by atoms with Gasteiger partial charge in [0.15, 0.2) is 5.76 Å². The molecule has 0 saturated carbocycles. The normalized spacial score (nSPS) is 20.6. The number of piperazine rings is 1. The van der Waals surface area contributed by atoms with Gasteiger partial charge in [0.25, 0.3) is 5.91 Å². The molecule has 1 unspecified atom stereocenters. The molecule has 0 radical (unpaired) electrons. The summed E-state index contributed by atoms with van der Waals surface area (Å²) in [7, 11) is 2.20. The molecular formula is C25H31N5O2. The molecule has 0 bridgehead atoms. The number of piperidine rings is 1. The first-order chi connectivity index (χ1) is 15.6. The molecule has 2 aliphatic rings. The van der Waals surface area contributed by atoms with Gasteiger partial charge in [-0.2, -0.15) is 5.10 Å².